The standard InChI is InChI=1S/C16H21N3O3/c1-12-7-6-8-13(2)18(12)19-15(16(20)22-17-19)11-21-14-9-4-3-5-10-14/h3-5,9-10,12-13H,6-8,11H2,1-2H3/p+1. The first kappa shape index (κ1) is 14.7. The molecular formula is C16H22N3O3+. The molecule has 0 radical (unpaired) electrons. The van der Waals surface area contributed by atoms with Gasteiger partial charge < -0.3 is 4.74 Å². The number of benzene rings is 1. The number of H-pyrrole nitrogens is 1. The zero-order valence-corrected chi connectivity index (χ0v) is 13.0. The monoisotopic (exact) mass is 304 g/mol. The smallest absolute Gasteiger partial charge is 0.437 e. The van der Waals surface area contributed by atoms with Gasteiger partial charge in [0.05, 0.1) is 12.1 Å². The van der Waals surface area contributed by atoms with Crippen LogP contribution in [0.15, 0.2) is 39.6 Å². The minimum absolute atomic E-state index is 0.172. The van der Waals surface area contributed by atoms with E-state index >= 15 is 0 Å². The number of ether oxygens (including phenoxy) is 1. The van der Waals surface area contributed by atoms with Gasteiger partial charge >= 0.3 is 11.3 Å². The Labute approximate surface area is 129 Å². The van der Waals surface area contributed by atoms with Crippen molar-refractivity contribution in [3.8, 4) is 5.75 Å². The van der Waals surface area contributed by atoms with E-state index in [0.29, 0.717) is 17.8 Å². The fraction of sp³-hybridized carbons (Fsp3) is 0.500. The van der Waals surface area contributed by atoms with Crippen LogP contribution in [0.4, 0.5) is 0 Å². The molecule has 2 heterocycles. The van der Waals surface area contributed by atoms with Crippen molar-refractivity contribution >= 4 is 0 Å². The first-order valence-electron chi connectivity index (χ1n) is 7.75. The van der Waals surface area contributed by atoms with Crippen LogP contribution in [0.2, 0.25) is 0 Å². The van der Waals surface area contributed by atoms with Crippen molar-refractivity contribution < 1.29 is 14.1 Å². The van der Waals surface area contributed by atoms with Crippen molar-refractivity contribution in [2.75, 3.05) is 5.01 Å². The van der Waals surface area contributed by atoms with Gasteiger partial charge in [0, 0.05) is 10.1 Å². The van der Waals surface area contributed by atoms with Crippen LogP contribution in [0, 0.1) is 0 Å². The Kier molecular flexibility index (Phi) is 4.18. The lowest BCUT2D eigenvalue weighted by atomic mass is 10.00. The summed E-state index contributed by atoms with van der Waals surface area (Å²) in [7, 11) is 0. The van der Waals surface area contributed by atoms with E-state index in [9.17, 15) is 4.79 Å². The van der Waals surface area contributed by atoms with Gasteiger partial charge in [0.25, 0.3) is 0 Å². The van der Waals surface area contributed by atoms with Crippen LogP contribution in [0.3, 0.4) is 0 Å². The lowest BCUT2D eigenvalue weighted by Gasteiger charge is -2.32. The topological polar surface area (TPSA) is 62.3 Å². The van der Waals surface area contributed by atoms with Crippen LogP contribution >= 0.6 is 0 Å². The average molecular weight is 304 g/mol. The Bertz CT molecular complexity index is 655. The third-order valence-corrected chi connectivity index (χ3v) is 4.21. The lowest BCUT2D eigenvalue weighted by Crippen LogP contribution is -2.69. The van der Waals surface area contributed by atoms with Gasteiger partial charge in [-0.1, -0.05) is 18.2 Å². The number of aromatic nitrogens is 2. The van der Waals surface area contributed by atoms with E-state index in [2.05, 4.69) is 24.1 Å². The van der Waals surface area contributed by atoms with Crippen molar-refractivity contribution in [3.05, 3.63) is 46.4 Å². The second-order valence-electron chi connectivity index (χ2n) is 5.85. The van der Waals surface area contributed by atoms with Crippen LogP contribution in [-0.4, -0.2) is 17.4 Å². The van der Waals surface area contributed by atoms with Gasteiger partial charge in [-0.25, -0.2) is 4.79 Å². The summed E-state index contributed by atoms with van der Waals surface area (Å²) < 4.78 is 10.7. The highest BCUT2D eigenvalue weighted by Crippen LogP contribution is 2.18. The molecule has 0 spiro atoms. The Morgan fingerprint density at radius 1 is 1.27 bits per heavy atom. The first-order valence-corrected chi connectivity index (χ1v) is 7.75. The number of rotatable bonds is 4. The molecule has 22 heavy (non-hydrogen) atoms. The molecule has 1 saturated heterocycles. The maximum atomic E-state index is 12.0. The molecule has 2 aromatic rings. The predicted octanol–water partition coefficient (Wildman–Crippen LogP) is 1.73. The molecule has 6 heteroatoms. The average Bonchev–Trinajstić information content (AvgIpc) is 2.87. The largest absolute Gasteiger partial charge is 0.482 e. The number of nitrogens with zero attached hydrogens (tertiary/aromatic N) is 2. The molecule has 0 saturated carbocycles. The van der Waals surface area contributed by atoms with E-state index in [1.165, 1.54) is 6.42 Å². The zero-order chi connectivity index (χ0) is 15.5. The third-order valence-electron chi connectivity index (χ3n) is 4.21. The van der Waals surface area contributed by atoms with Gasteiger partial charge in [-0.05, 0) is 45.2 Å². The fourth-order valence-electron chi connectivity index (χ4n) is 3.06. The zero-order valence-electron chi connectivity index (χ0n) is 13.0. The summed E-state index contributed by atoms with van der Waals surface area (Å²) >= 11 is 0. The molecule has 118 valence electrons. The Morgan fingerprint density at radius 3 is 2.64 bits per heavy atom. The second-order valence-corrected chi connectivity index (χ2v) is 5.85. The quantitative estimate of drug-likeness (QED) is 0.874. The molecule has 2 unspecified atom stereocenters. The minimum Gasteiger partial charge on any atom is -0.482 e. The highest BCUT2D eigenvalue weighted by molar-refractivity contribution is 5.20. The molecule has 2 atom stereocenters. The summed E-state index contributed by atoms with van der Waals surface area (Å²) in [6, 6.07) is 10.1. The summed E-state index contributed by atoms with van der Waals surface area (Å²) in [4.78, 5) is 13.7. The van der Waals surface area contributed by atoms with Crippen molar-refractivity contribution in [2.45, 2.75) is 51.8 Å². The molecule has 1 aliphatic rings. The number of hydrogen-bond acceptors (Lipinski definition) is 4. The highest BCUT2D eigenvalue weighted by atomic mass is 16.5. The van der Waals surface area contributed by atoms with E-state index in [0.717, 1.165) is 18.6 Å². The van der Waals surface area contributed by atoms with Crippen molar-refractivity contribution in [2.24, 2.45) is 0 Å². The summed E-state index contributed by atoms with van der Waals surface area (Å²) in [5, 5.41) is 4.88. The van der Waals surface area contributed by atoms with E-state index in [-0.39, 0.29) is 12.2 Å². The maximum Gasteiger partial charge on any atom is 0.437 e. The van der Waals surface area contributed by atoms with Crippen LogP contribution in [0.1, 0.15) is 38.8 Å². The molecule has 1 fully saturated rings. The predicted molar refractivity (Wildman–Crippen MR) is 81.3 cm³/mol. The van der Waals surface area contributed by atoms with Gasteiger partial charge in [0.15, 0.2) is 6.61 Å². The molecule has 0 aliphatic carbocycles. The van der Waals surface area contributed by atoms with Crippen LogP contribution in [-0.2, 0) is 6.61 Å². The fourth-order valence-corrected chi connectivity index (χ4v) is 3.06. The number of hydrogen-bond donors (Lipinski definition) is 1. The molecule has 0 amide bonds. The summed E-state index contributed by atoms with van der Waals surface area (Å²) in [6.45, 7) is 4.50. The van der Waals surface area contributed by atoms with Crippen molar-refractivity contribution in [3.63, 3.8) is 0 Å². The Balaban J connectivity index is 1.83. The molecule has 0 bridgehead atoms. The van der Waals surface area contributed by atoms with Crippen LogP contribution in [0.25, 0.3) is 0 Å². The molecular weight excluding hydrogens is 282 g/mol. The van der Waals surface area contributed by atoms with E-state index in [4.69, 9.17) is 9.26 Å². The first-order chi connectivity index (χ1) is 10.7. The molecule has 1 N–H and O–H groups in total. The van der Waals surface area contributed by atoms with Gasteiger partial charge in [-0.2, -0.15) is 0 Å². The third kappa shape index (κ3) is 2.86. The molecule has 1 aromatic carbocycles. The van der Waals surface area contributed by atoms with Crippen LogP contribution in [0.5, 0.6) is 5.75 Å². The summed E-state index contributed by atoms with van der Waals surface area (Å²) in [5.41, 5.74) is 0.0883. The summed E-state index contributed by atoms with van der Waals surface area (Å²) in [6.07, 6.45) is 3.41. The number of nitrogens with one attached hydrogen (secondary N) is 1. The second kappa shape index (κ2) is 6.25. The normalized spacial score (nSPS) is 21.8. The van der Waals surface area contributed by atoms with E-state index in [1.807, 2.05) is 30.3 Å². The summed E-state index contributed by atoms with van der Waals surface area (Å²) in [5.74, 6) is 0.731. The van der Waals surface area contributed by atoms with Gasteiger partial charge in [-0.3, -0.25) is 4.52 Å². The maximum absolute atomic E-state index is 12.0. The van der Waals surface area contributed by atoms with Gasteiger partial charge in [0.1, 0.15) is 5.75 Å². The molecule has 6 nitrogen and oxygen atoms in total. The van der Waals surface area contributed by atoms with Crippen molar-refractivity contribution in [1.29, 1.82) is 0 Å². The lowest BCUT2D eigenvalue weighted by molar-refractivity contribution is -0.773. The number of para-hydroxylation sites is 1. The minimum atomic E-state index is -0.388. The van der Waals surface area contributed by atoms with Gasteiger partial charge in [0.2, 0.25) is 0 Å². The Hall–Kier alpha value is -2.24. The number of aromatic amines is 1. The van der Waals surface area contributed by atoms with E-state index in [1.54, 1.807) is 4.79 Å². The highest BCUT2D eigenvalue weighted by Gasteiger charge is 2.37. The van der Waals surface area contributed by atoms with Crippen molar-refractivity contribution in [1.82, 2.24) is 5.27 Å². The van der Waals surface area contributed by atoms with E-state index < -0.39 is 0 Å². The van der Waals surface area contributed by atoms with Crippen LogP contribution < -0.4 is 20.2 Å². The molecule has 1 aromatic heterocycles. The number of piperidine rings is 1. The van der Waals surface area contributed by atoms with Gasteiger partial charge in [-0.15, -0.1) is 5.01 Å². The molecule has 1 aliphatic heterocycles. The SMILES string of the molecule is CC1CCCC(C)N1[n+]1[nH]oc(=O)c1COc1ccccc1. The Morgan fingerprint density at radius 2 is 1.95 bits per heavy atom. The molecule has 3 rings (SSSR count).